The molecule has 4 bridgehead atoms. The molecule has 18 heteroatoms. The fourth-order valence-electron chi connectivity index (χ4n) is 9.00. The Balaban J connectivity index is 1.10. The van der Waals surface area contributed by atoms with Crippen LogP contribution in [0.2, 0.25) is 5.02 Å². The number of nitrogens with one attached hydrogen (secondary N) is 3. The highest BCUT2D eigenvalue weighted by molar-refractivity contribution is 8.00. The van der Waals surface area contributed by atoms with Crippen LogP contribution in [0.1, 0.15) is 90.2 Å². The molecule has 0 spiro atoms. The van der Waals surface area contributed by atoms with Gasteiger partial charge in [0.15, 0.2) is 0 Å². The van der Waals surface area contributed by atoms with Crippen molar-refractivity contribution in [1.29, 1.82) is 0 Å². The first kappa shape index (κ1) is 48.0. The standard InChI is InChI=1S/C45H60ClN5O11S/c1-24-9-8-10-26(3)45(59)22-32(60-43(58)49-45)39-44(5,62-39)34(21-36(53)50(7)31-19-29(17-24)18-25(2)38(31)46)61-42(57)27(4)48-35(52)15-16-63-33-20-37(54)51(41(33)56)23-28-11-13-30(14-12-28)40(55)47-6/h8-10,18-19,26-28,30,32-34,39,59H,11-17,20-23H2,1-7H3,(H,47,55)(H,48,52)(H,49,58)/b10-8+,24-9+. The van der Waals surface area contributed by atoms with E-state index in [2.05, 4.69) is 16.0 Å². The molecule has 1 aliphatic carbocycles. The Kier molecular flexibility index (Phi) is 15.0. The molecule has 1 saturated carbocycles. The number of rotatable bonds is 10. The molecule has 3 saturated heterocycles. The SMILES string of the molecule is CNC(=O)C1CCC(CN2C(=O)CC(SCCC(=O)NC(C)C(=O)OC3CC(=O)N(C)c4cc(cc(C)c4Cl)C/C(C)=C/C=C/C(C)C4(O)CC(OC(=O)N4)C4OC34C)C2=O)CC1. The van der Waals surface area contributed by atoms with E-state index in [4.69, 9.17) is 25.8 Å². The second-order valence-electron chi connectivity index (χ2n) is 17.9. The van der Waals surface area contributed by atoms with Gasteiger partial charge < -0.3 is 34.9 Å². The van der Waals surface area contributed by atoms with E-state index in [1.165, 1.54) is 28.5 Å². The highest BCUT2D eigenvalue weighted by atomic mass is 35.5. The van der Waals surface area contributed by atoms with Crippen molar-refractivity contribution in [3.05, 3.63) is 52.1 Å². The Morgan fingerprint density at radius 3 is 2.51 bits per heavy atom. The number of aryl methyl sites for hydroxylation is 1. The highest BCUT2D eigenvalue weighted by Crippen LogP contribution is 2.48. The number of likely N-dealkylation sites (tertiary alicyclic amines) is 1. The van der Waals surface area contributed by atoms with Gasteiger partial charge >= 0.3 is 12.1 Å². The second-order valence-corrected chi connectivity index (χ2v) is 19.6. The van der Waals surface area contributed by atoms with Crippen molar-refractivity contribution in [3.63, 3.8) is 0 Å². The number of fused-ring (bicyclic) bond motifs is 6. The molecule has 4 heterocycles. The van der Waals surface area contributed by atoms with Crippen molar-refractivity contribution in [2.45, 2.75) is 133 Å². The zero-order chi connectivity index (χ0) is 46.0. The Morgan fingerprint density at radius 2 is 1.81 bits per heavy atom. The van der Waals surface area contributed by atoms with E-state index in [9.17, 15) is 38.7 Å². The fourth-order valence-corrected chi connectivity index (χ4v) is 10.4. The number of allylic oxidation sites excluding steroid dienone is 3. The van der Waals surface area contributed by atoms with Crippen LogP contribution in [0.3, 0.4) is 0 Å². The van der Waals surface area contributed by atoms with Crippen molar-refractivity contribution < 1.29 is 52.9 Å². The predicted molar refractivity (Wildman–Crippen MR) is 235 cm³/mol. The first-order valence-electron chi connectivity index (χ1n) is 21.7. The van der Waals surface area contributed by atoms with Crippen molar-refractivity contribution >= 4 is 70.6 Å². The summed E-state index contributed by atoms with van der Waals surface area (Å²) >= 11 is 7.97. The third-order valence-corrected chi connectivity index (χ3v) is 14.8. The number of amides is 6. The number of aliphatic hydroxyl groups is 1. The molecular formula is C45H60ClN5O11S. The van der Waals surface area contributed by atoms with Crippen LogP contribution in [0.5, 0.6) is 0 Å². The number of carbonyl (C=O) groups is 7. The van der Waals surface area contributed by atoms with Crippen LogP contribution in [-0.4, -0.2) is 119 Å². The van der Waals surface area contributed by atoms with E-state index < -0.39 is 70.7 Å². The van der Waals surface area contributed by atoms with E-state index in [0.29, 0.717) is 36.5 Å². The lowest BCUT2D eigenvalue weighted by atomic mass is 9.81. The summed E-state index contributed by atoms with van der Waals surface area (Å²) in [5.74, 6) is -2.54. The van der Waals surface area contributed by atoms with Gasteiger partial charge in [-0.1, -0.05) is 48.4 Å². The third-order valence-electron chi connectivity index (χ3n) is 13.1. The van der Waals surface area contributed by atoms with Crippen LogP contribution in [0.25, 0.3) is 0 Å². The van der Waals surface area contributed by atoms with Gasteiger partial charge in [-0.05, 0) is 82.9 Å². The summed E-state index contributed by atoms with van der Waals surface area (Å²) in [6, 6.07) is 2.63. The van der Waals surface area contributed by atoms with Gasteiger partial charge in [-0.25, -0.2) is 9.59 Å². The number of anilines is 1. The van der Waals surface area contributed by atoms with Crippen molar-refractivity contribution in [2.75, 3.05) is 31.3 Å². The molecule has 1 aromatic rings. The maximum Gasteiger partial charge on any atom is 0.409 e. The average molecular weight is 915 g/mol. The largest absolute Gasteiger partial charge is 0.457 e. The number of benzene rings is 1. The van der Waals surface area contributed by atoms with Crippen LogP contribution in [0.15, 0.2) is 35.9 Å². The molecule has 6 rings (SSSR count). The minimum Gasteiger partial charge on any atom is -0.457 e. The summed E-state index contributed by atoms with van der Waals surface area (Å²) in [6.07, 6.45) is 4.64. The van der Waals surface area contributed by atoms with Gasteiger partial charge in [0.05, 0.1) is 22.4 Å². The minimum atomic E-state index is -1.70. The first-order chi connectivity index (χ1) is 29.7. The molecule has 63 heavy (non-hydrogen) atoms. The number of alkyl carbamates (subject to hydrolysis) is 1. The van der Waals surface area contributed by atoms with Gasteiger partial charge in [0, 0.05) is 57.5 Å². The quantitative estimate of drug-likeness (QED) is 0.147. The number of esters is 1. The second kappa shape index (κ2) is 19.7. The molecule has 4 aliphatic heterocycles. The highest BCUT2D eigenvalue weighted by Gasteiger charge is 2.66. The van der Waals surface area contributed by atoms with Crippen LogP contribution in [-0.2, 0) is 49.4 Å². The van der Waals surface area contributed by atoms with E-state index in [0.717, 1.165) is 29.5 Å². The van der Waals surface area contributed by atoms with Crippen molar-refractivity contribution in [3.8, 4) is 0 Å². The summed E-state index contributed by atoms with van der Waals surface area (Å²) < 4.78 is 17.8. The van der Waals surface area contributed by atoms with Gasteiger partial charge in [0.1, 0.15) is 35.7 Å². The van der Waals surface area contributed by atoms with E-state index in [-0.39, 0.29) is 61.0 Å². The molecule has 344 valence electrons. The number of thioether (sulfide) groups is 1. The summed E-state index contributed by atoms with van der Waals surface area (Å²) in [4.78, 5) is 94.6. The fraction of sp³-hybridized carbons (Fsp3) is 0.622. The molecule has 1 aromatic carbocycles. The lowest BCUT2D eigenvalue weighted by Gasteiger charge is -2.40. The van der Waals surface area contributed by atoms with Crippen LogP contribution < -0.4 is 20.9 Å². The number of halogens is 1. The van der Waals surface area contributed by atoms with Crippen molar-refractivity contribution in [2.24, 2.45) is 17.8 Å². The van der Waals surface area contributed by atoms with Gasteiger partial charge in [0.25, 0.3) is 0 Å². The van der Waals surface area contributed by atoms with Crippen molar-refractivity contribution in [1.82, 2.24) is 20.9 Å². The molecular weight excluding hydrogens is 854 g/mol. The summed E-state index contributed by atoms with van der Waals surface area (Å²) in [5, 5.41) is 19.3. The maximum absolute atomic E-state index is 14.1. The summed E-state index contributed by atoms with van der Waals surface area (Å²) in [6.45, 7) is 8.99. The minimum absolute atomic E-state index is 0.0164. The van der Waals surface area contributed by atoms with Crippen LogP contribution in [0.4, 0.5) is 10.5 Å². The molecule has 8 unspecified atom stereocenters. The third kappa shape index (κ3) is 11.1. The molecule has 0 aromatic heterocycles. The molecule has 16 nitrogen and oxygen atoms in total. The Labute approximate surface area is 377 Å². The monoisotopic (exact) mass is 913 g/mol. The number of nitrogens with zero attached hydrogens (tertiary/aromatic N) is 2. The van der Waals surface area contributed by atoms with E-state index in [1.807, 2.05) is 38.1 Å². The number of carbonyl (C=O) groups excluding carboxylic acids is 7. The zero-order valence-electron chi connectivity index (χ0n) is 37.0. The van der Waals surface area contributed by atoms with Crippen LogP contribution >= 0.6 is 23.4 Å². The maximum atomic E-state index is 14.1. The lowest BCUT2D eigenvalue weighted by Crippen LogP contribution is -2.60. The Bertz CT molecular complexity index is 2060. The normalized spacial score (nSPS) is 33.0. The molecule has 4 fully saturated rings. The van der Waals surface area contributed by atoms with Gasteiger partial charge in [-0.2, -0.15) is 0 Å². The molecule has 6 amide bonds. The number of ether oxygens (including phenoxy) is 3. The first-order valence-corrected chi connectivity index (χ1v) is 23.1. The Morgan fingerprint density at radius 1 is 1.10 bits per heavy atom. The lowest BCUT2D eigenvalue weighted by molar-refractivity contribution is -0.157. The van der Waals surface area contributed by atoms with E-state index in [1.54, 1.807) is 34.0 Å². The molecule has 5 aliphatic rings. The van der Waals surface area contributed by atoms with Gasteiger partial charge in [-0.15, -0.1) is 11.8 Å². The predicted octanol–water partition coefficient (Wildman–Crippen LogP) is 4.26. The number of imide groups is 1. The zero-order valence-corrected chi connectivity index (χ0v) is 38.6. The van der Waals surface area contributed by atoms with Gasteiger partial charge in [-0.3, -0.25) is 34.2 Å². The number of hydrogen-bond acceptors (Lipinski definition) is 12. The van der Waals surface area contributed by atoms with Gasteiger partial charge in [0.2, 0.25) is 29.5 Å². The van der Waals surface area contributed by atoms with Crippen LogP contribution in [0, 0.1) is 24.7 Å². The number of hydrogen-bond donors (Lipinski definition) is 4. The smallest absolute Gasteiger partial charge is 0.409 e. The molecule has 4 N–H and O–H groups in total. The summed E-state index contributed by atoms with van der Waals surface area (Å²) in [5.41, 5.74) is 0.0867. The summed E-state index contributed by atoms with van der Waals surface area (Å²) in [7, 11) is 3.20. The molecule has 8 atom stereocenters. The Hall–Kier alpha value is -4.45. The van der Waals surface area contributed by atoms with E-state index >= 15 is 0 Å². The topological polar surface area (TPSA) is 213 Å². The molecule has 0 radical (unpaired) electrons. The average Bonchev–Trinajstić information content (AvgIpc) is 3.87. The number of epoxide rings is 1.